The summed E-state index contributed by atoms with van der Waals surface area (Å²) in [5, 5.41) is 3.01. The topological polar surface area (TPSA) is 49.4 Å². The number of carbonyl (C=O) groups excluding carboxylic acids is 2. The second kappa shape index (κ2) is 10.2. The summed E-state index contributed by atoms with van der Waals surface area (Å²) in [4.78, 5) is 27.7. The van der Waals surface area contributed by atoms with Crippen LogP contribution in [-0.4, -0.2) is 28.8 Å². The molecule has 2 aromatic carbocycles. The first-order chi connectivity index (χ1) is 13.7. The molecule has 2 amide bonds. The quantitative estimate of drug-likeness (QED) is 0.717. The molecule has 0 aliphatic heterocycles. The van der Waals surface area contributed by atoms with E-state index < -0.39 is 6.04 Å². The van der Waals surface area contributed by atoms with Crippen molar-refractivity contribution < 1.29 is 9.59 Å². The monoisotopic (exact) mass is 394 g/mol. The van der Waals surface area contributed by atoms with Crippen molar-refractivity contribution in [1.29, 1.82) is 0 Å². The number of hydrogen-bond acceptors (Lipinski definition) is 2. The average molecular weight is 395 g/mol. The van der Waals surface area contributed by atoms with Crippen molar-refractivity contribution in [3.05, 3.63) is 70.3 Å². The summed E-state index contributed by atoms with van der Waals surface area (Å²) in [5.74, 6) is -0.150. The van der Waals surface area contributed by atoms with Crippen LogP contribution in [-0.2, 0) is 22.6 Å². The predicted octanol–water partition coefficient (Wildman–Crippen LogP) is 4.49. The van der Waals surface area contributed by atoms with E-state index >= 15 is 0 Å². The van der Waals surface area contributed by atoms with Gasteiger partial charge in [0, 0.05) is 12.6 Å². The molecule has 4 heteroatoms. The largest absolute Gasteiger partial charge is 0.352 e. The number of carbonyl (C=O) groups is 2. The first-order valence-electron chi connectivity index (χ1n) is 10.4. The molecule has 1 N–H and O–H groups in total. The molecule has 2 rings (SSSR count). The molecule has 0 unspecified atom stereocenters. The fourth-order valence-corrected chi connectivity index (χ4v) is 3.39. The Kier molecular flexibility index (Phi) is 8.00. The summed E-state index contributed by atoms with van der Waals surface area (Å²) in [7, 11) is 0. The van der Waals surface area contributed by atoms with Crippen LogP contribution in [0.4, 0.5) is 0 Å². The Labute approximate surface area is 175 Å². The molecule has 0 bridgehead atoms. The Morgan fingerprint density at radius 2 is 1.48 bits per heavy atom. The Morgan fingerprint density at radius 3 is 2.03 bits per heavy atom. The van der Waals surface area contributed by atoms with Gasteiger partial charge in [0.2, 0.25) is 11.8 Å². The highest BCUT2D eigenvalue weighted by Gasteiger charge is 2.26. The number of nitrogens with zero attached hydrogens (tertiary/aromatic N) is 1. The Morgan fingerprint density at radius 1 is 0.897 bits per heavy atom. The van der Waals surface area contributed by atoms with Gasteiger partial charge in [-0.15, -0.1) is 0 Å². The molecule has 0 saturated heterocycles. The van der Waals surface area contributed by atoms with Gasteiger partial charge in [0.05, 0.1) is 6.42 Å². The summed E-state index contributed by atoms with van der Waals surface area (Å²) in [6.07, 6.45) is 1.14. The number of nitrogens with one attached hydrogen (secondary N) is 1. The molecule has 4 nitrogen and oxygen atoms in total. The van der Waals surface area contributed by atoms with Crippen LogP contribution in [0.3, 0.4) is 0 Å². The highest BCUT2D eigenvalue weighted by atomic mass is 16.2. The van der Waals surface area contributed by atoms with Crippen LogP contribution >= 0.6 is 0 Å². The minimum atomic E-state index is -0.538. The van der Waals surface area contributed by atoms with Crippen molar-refractivity contribution in [2.45, 2.75) is 73.0 Å². The zero-order valence-electron chi connectivity index (χ0n) is 18.6. The van der Waals surface area contributed by atoms with Gasteiger partial charge in [0.15, 0.2) is 0 Å². The summed E-state index contributed by atoms with van der Waals surface area (Å²) < 4.78 is 0. The van der Waals surface area contributed by atoms with Gasteiger partial charge >= 0.3 is 0 Å². The molecule has 29 heavy (non-hydrogen) atoms. The third-order valence-electron chi connectivity index (χ3n) is 5.28. The molecular weight excluding hydrogens is 360 g/mol. The zero-order chi connectivity index (χ0) is 21.6. The molecule has 0 radical (unpaired) electrons. The van der Waals surface area contributed by atoms with Crippen LogP contribution in [0.15, 0.2) is 42.5 Å². The van der Waals surface area contributed by atoms with E-state index in [-0.39, 0.29) is 24.3 Å². The summed E-state index contributed by atoms with van der Waals surface area (Å²) in [5.41, 5.74) is 5.45. The van der Waals surface area contributed by atoms with Gasteiger partial charge in [-0.1, -0.05) is 66.1 Å². The maximum absolute atomic E-state index is 13.3. The van der Waals surface area contributed by atoms with Gasteiger partial charge in [-0.25, -0.2) is 0 Å². The van der Waals surface area contributed by atoms with E-state index in [2.05, 4.69) is 11.4 Å². The van der Waals surface area contributed by atoms with Crippen LogP contribution in [0, 0.1) is 20.8 Å². The molecule has 156 valence electrons. The van der Waals surface area contributed by atoms with Crippen LogP contribution in [0.2, 0.25) is 0 Å². The third-order valence-corrected chi connectivity index (χ3v) is 5.28. The molecule has 0 spiro atoms. The van der Waals surface area contributed by atoms with E-state index in [4.69, 9.17) is 0 Å². The standard InChI is InChI=1S/C25H34N2O2/c1-7-20(5)26-25(29)21(6)27(16-22-10-8-17(2)9-11-22)24(28)15-23-13-18(3)12-19(4)14-23/h8-14,20-21H,7,15-16H2,1-6H3,(H,26,29)/t20-,21-/m1/s1. The lowest BCUT2D eigenvalue weighted by molar-refractivity contribution is -0.140. The molecule has 0 aromatic heterocycles. The molecule has 0 saturated carbocycles. The van der Waals surface area contributed by atoms with E-state index in [0.717, 1.165) is 28.7 Å². The van der Waals surface area contributed by atoms with Gasteiger partial charge in [-0.2, -0.15) is 0 Å². The molecule has 2 aromatic rings. The summed E-state index contributed by atoms with van der Waals surface area (Å²) >= 11 is 0. The minimum Gasteiger partial charge on any atom is -0.352 e. The number of rotatable bonds is 8. The van der Waals surface area contributed by atoms with Crippen LogP contribution in [0.25, 0.3) is 0 Å². The molecular formula is C25H34N2O2. The van der Waals surface area contributed by atoms with Crippen molar-refractivity contribution in [3.8, 4) is 0 Å². The number of hydrogen-bond donors (Lipinski definition) is 1. The SMILES string of the molecule is CC[C@@H](C)NC(=O)[C@@H](C)N(Cc1ccc(C)cc1)C(=O)Cc1cc(C)cc(C)c1. The highest BCUT2D eigenvalue weighted by molar-refractivity contribution is 5.88. The number of benzene rings is 2. The number of aryl methyl sites for hydroxylation is 3. The Bertz CT molecular complexity index is 822. The lowest BCUT2D eigenvalue weighted by Crippen LogP contribution is -2.49. The van der Waals surface area contributed by atoms with E-state index in [0.29, 0.717) is 6.54 Å². The first-order valence-corrected chi connectivity index (χ1v) is 10.4. The molecule has 0 fully saturated rings. The first kappa shape index (κ1) is 22.7. The van der Waals surface area contributed by atoms with Crippen molar-refractivity contribution >= 4 is 11.8 Å². The molecule has 0 aliphatic rings. The Hall–Kier alpha value is -2.62. The maximum atomic E-state index is 13.3. The van der Waals surface area contributed by atoms with Gasteiger partial charge < -0.3 is 10.2 Å². The van der Waals surface area contributed by atoms with Crippen LogP contribution in [0.5, 0.6) is 0 Å². The van der Waals surface area contributed by atoms with Gasteiger partial charge in [-0.3, -0.25) is 9.59 Å². The van der Waals surface area contributed by atoms with Crippen molar-refractivity contribution in [2.75, 3.05) is 0 Å². The lowest BCUT2D eigenvalue weighted by atomic mass is 10.0. The third kappa shape index (κ3) is 6.74. The van der Waals surface area contributed by atoms with Gasteiger partial charge in [0.1, 0.15) is 6.04 Å². The average Bonchev–Trinajstić information content (AvgIpc) is 2.65. The van der Waals surface area contributed by atoms with Crippen LogP contribution in [0.1, 0.15) is 55.0 Å². The predicted molar refractivity (Wildman–Crippen MR) is 119 cm³/mol. The molecule has 0 heterocycles. The van der Waals surface area contributed by atoms with Gasteiger partial charge in [-0.05, 0) is 52.2 Å². The van der Waals surface area contributed by atoms with E-state index in [9.17, 15) is 9.59 Å². The Balaban J connectivity index is 2.25. The number of amides is 2. The smallest absolute Gasteiger partial charge is 0.242 e. The minimum absolute atomic E-state index is 0.0395. The second-order valence-electron chi connectivity index (χ2n) is 8.17. The fraction of sp³-hybridized carbons (Fsp3) is 0.440. The van der Waals surface area contributed by atoms with Crippen molar-refractivity contribution in [1.82, 2.24) is 10.2 Å². The van der Waals surface area contributed by atoms with E-state index in [1.54, 1.807) is 4.90 Å². The van der Waals surface area contributed by atoms with Gasteiger partial charge in [0.25, 0.3) is 0 Å². The second-order valence-corrected chi connectivity index (χ2v) is 8.17. The summed E-state index contributed by atoms with van der Waals surface area (Å²) in [6.45, 7) is 12.3. The lowest BCUT2D eigenvalue weighted by Gasteiger charge is -2.30. The normalized spacial score (nSPS) is 12.9. The molecule has 0 aliphatic carbocycles. The molecule has 2 atom stereocenters. The van der Waals surface area contributed by atoms with E-state index in [1.165, 1.54) is 5.56 Å². The summed E-state index contributed by atoms with van der Waals surface area (Å²) in [6, 6.07) is 13.8. The maximum Gasteiger partial charge on any atom is 0.242 e. The van der Waals surface area contributed by atoms with Crippen molar-refractivity contribution in [3.63, 3.8) is 0 Å². The highest BCUT2D eigenvalue weighted by Crippen LogP contribution is 2.15. The van der Waals surface area contributed by atoms with Crippen LogP contribution < -0.4 is 5.32 Å². The fourth-order valence-electron chi connectivity index (χ4n) is 3.39. The zero-order valence-corrected chi connectivity index (χ0v) is 18.6. The van der Waals surface area contributed by atoms with Crippen molar-refractivity contribution in [2.24, 2.45) is 0 Å². The van der Waals surface area contributed by atoms with E-state index in [1.807, 2.05) is 77.9 Å².